The Labute approximate surface area is 115 Å². The van der Waals surface area contributed by atoms with Gasteiger partial charge in [0, 0.05) is 25.7 Å². The van der Waals surface area contributed by atoms with Crippen molar-refractivity contribution < 1.29 is 9.66 Å². The number of hydrogen-bond donors (Lipinski definition) is 0. The summed E-state index contributed by atoms with van der Waals surface area (Å²) in [7, 11) is 0. The molecule has 1 aromatic rings. The molecule has 1 atom stereocenters. The first-order chi connectivity index (χ1) is 9.10. The Morgan fingerprint density at radius 1 is 1.63 bits per heavy atom. The number of halogens is 1. The predicted molar refractivity (Wildman–Crippen MR) is 68.7 cm³/mol. The van der Waals surface area contributed by atoms with Crippen LogP contribution in [0.5, 0.6) is 0 Å². The summed E-state index contributed by atoms with van der Waals surface area (Å²) in [6, 6.07) is 6.82. The highest BCUT2D eigenvalue weighted by Crippen LogP contribution is 2.25. The molecule has 1 heterocycles. The molecule has 7 heteroatoms. The van der Waals surface area contributed by atoms with Crippen LogP contribution in [0.4, 0.5) is 5.69 Å². The molecule has 2 rings (SSSR count). The number of nitrogens with zero attached hydrogens (tertiary/aromatic N) is 3. The summed E-state index contributed by atoms with van der Waals surface area (Å²) < 4.78 is 5.24. The van der Waals surface area contributed by atoms with Crippen molar-refractivity contribution in [3.05, 3.63) is 38.9 Å². The molecule has 0 N–H and O–H groups in total. The Morgan fingerprint density at radius 3 is 3.11 bits per heavy atom. The van der Waals surface area contributed by atoms with Gasteiger partial charge in [-0.3, -0.25) is 15.0 Å². The Morgan fingerprint density at radius 2 is 2.42 bits per heavy atom. The van der Waals surface area contributed by atoms with Crippen LogP contribution >= 0.6 is 11.6 Å². The fourth-order valence-corrected chi connectivity index (χ4v) is 2.17. The lowest BCUT2D eigenvalue weighted by Gasteiger charge is -2.29. The minimum atomic E-state index is -0.497. The van der Waals surface area contributed by atoms with E-state index in [1.54, 1.807) is 6.07 Å². The van der Waals surface area contributed by atoms with Crippen molar-refractivity contribution >= 4 is 17.3 Å². The molecule has 1 saturated heterocycles. The van der Waals surface area contributed by atoms with Crippen LogP contribution in [0.1, 0.15) is 5.56 Å². The molecule has 0 bridgehead atoms. The number of nitro benzene ring substituents is 1. The highest BCUT2D eigenvalue weighted by atomic mass is 35.5. The van der Waals surface area contributed by atoms with E-state index in [0.717, 1.165) is 5.56 Å². The summed E-state index contributed by atoms with van der Waals surface area (Å²) in [6.07, 6.45) is -0.434. The molecule has 1 fully saturated rings. The first-order valence-corrected chi connectivity index (χ1v) is 6.14. The van der Waals surface area contributed by atoms with E-state index >= 15 is 0 Å². The third-order valence-electron chi connectivity index (χ3n) is 2.91. The highest BCUT2D eigenvalue weighted by molar-refractivity contribution is 6.32. The SMILES string of the molecule is N#CC1CN(Cc2ccc(Cl)c([N+](=O)[O-])c2)CCO1. The molecule has 1 aliphatic rings. The van der Waals surface area contributed by atoms with E-state index in [1.165, 1.54) is 12.1 Å². The lowest BCUT2D eigenvalue weighted by Crippen LogP contribution is -2.41. The maximum absolute atomic E-state index is 10.8. The van der Waals surface area contributed by atoms with E-state index in [0.29, 0.717) is 26.2 Å². The van der Waals surface area contributed by atoms with Crippen LogP contribution < -0.4 is 0 Å². The first kappa shape index (κ1) is 13.7. The average molecular weight is 282 g/mol. The molecule has 100 valence electrons. The largest absolute Gasteiger partial charge is 0.361 e. The Bertz CT molecular complexity index is 529. The molecule has 19 heavy (non-hydrogen) atoms. The van der Waals surface area contributed by atoms with Gasteiger partial charge >= 0.3 is 0 Å². The second-order valence-electron chi connectivity index (χ2n) is 4.27. The molecule has 0 spiro atoms. The maximum Gasteiger partial charge on any atom is 0.288 e. The monoisotopic (exact) mass is 281 g/mol. The summed E-state index contributed by atoms with van der Waals surface area (Å²) in [6.45, 7) is 2.25. The molecule has 0 amide bonds. The molecule has 0 radical (unpaired) electrons. The Balaban J connectivity index is 2.09. The van der Waals surface area contributed by atoms with Crippen LogP contribution in [0.15, 0.2) is 18.2 Å². The van der Waals surface area contributed by atoms with E-state index in [9.17, 15) is 10.1 Å². The normalized spacial score (nSPS) is 19.9. The van der Waals surface area contributed by atoms with Crippen LogP contribution in [0.3, 0.4) is 0 Å². The van der Waals surface area contributed by atoms with Crippen LogP contribution in [-0.2, 0) is 11.3 Å². The van der Waals surface area contributed by atoms with Gasteiger partial charge in [0.1, 0.15) is 5.02 Å². The van der Waals surface area contributed by atoms with Gasteiger partial charge < -0.3 is 4.74 Å². The molecule has 0 saturated carbocycles. The van der Waals surface area contributed by atoms with Crippen LogP contribution in [-0.4, -0.2) is 35.6 Å². The molecule has 6 nitrogen and oxygen atoms in total. The van der Waals surface area contributed by atoms with Gasteiger partial charge in [-0.15, -0.1) is 0 Å². The Hall–Kier alpha value is -1.68. The number of ether oxygens (including phenoxy) is 1. The van der Waals surface area contributed by atoms with Gasteiger partial charge in [-0.25, -0.2) is 0 Å². The van der Waals surface area contributed by atoms with Crippen molar-refractivity contribution in [1.82, 2.24) is 4.90 Å². The van der Waals surface area contributed by atoms with Crippen LogP contribution in [0.25, 0.3) is 0 Å². The number of benzene rings is 1. The standard InChI is InChI=1S/C12H12ClN3O3/c13-11-2-1-9(5-12(11)16(17)18)7-15-3-4-19-10(6-14)8-15/h1-2,5,10H,3-4,7-8H2. The van der Waals surface area contributed by atoms with Gasteiger partial charge in [-0.1, -0.05) is 17.7 Å². The third kappa shape index (κ3) is 3.41. The predicted octanol–water partition coefficient (Wildman–Crippen LogP) is 1.97. The molecular weight excluding hydrogens is 270 g/mol. The minimum absolute atomic E-state index is 0.0933. The quantitative estimate of drug-likeness (QED) is 0.625. The summed E-state index contributed by atoms with van der Waals surface area (Å²) in [5, 5.41) is 19.8. The van der Waals surface area contributed by atoms with Gasteiger partial charge in [0.25, 0.3) is 5.69 Å². The topological polar surface area (TPSA) is 79.4 Å². The van der Waals surface area contributed by atoms with Gasteiger partial charge in [0.2, 0.25) is 0 Å². The van der Waals surface area contributed by atoms with E-state index < -0.39 is 11.0 Å². The Kier molecular flexibility index (Phi) is 4.32. The van der Waals surface area contributed by atoms with Gasteiger partial charge in [-0.2, -0.15) is 5.26 Å². The maximum atomic E-state index is 10.8. The summed E-state index contributed by atoms with van der Waals surface area (Å²) in [5.74, 6) is 0. The van der Waals surface area contributed by atoms with Gasteiger partial charge in [0.15, 0.2) is 6.10 Å². The molecule has 0 aromatic heterocycles. The third-order valence-corrected chi connectivity index (χ3v) is 3.23. The average Bonchev–Trinajstić information content (AvgIpc) is 2.41. The van der Waals surface area contributed by atoms with Crippen molar-refractivity contribution in [3.63, 3.8) is 0 Å². The van der Waals surface area contributed by atoms with Crippen LogP contribution in [0.2, 0.25) is 5.02 Å². The number of nitro groups is 1. The number of nitriles is 1. The van der Waals surface area contributed by atoms with Crippen molar-refractivity contribution in [1.29, 1.82) is 5.26 Å². The van der Waals surface area contributed by atoms with Crippen molar-refractivity contribution in [2.45, 2.75) is 12.6 Å². The molecule has 0 aliphatic carbocycles. The van der Waals surface area contributed by atoms with Crippen LogP contribution in [0, 0.1) is 21.4 Å². The number of rotatable bonds is 3. The zero-order valence-corrected chi connectivity index (χ0v) is 10.8. The molecular formula is C12H12ClN3O3. The fourth-order valence-electron chi connectivity index (χ4n) is 1.98. The summed E-state index contributed by atoms with van der Waals surface area (Å²) in [4.78, 5) is 12.3. The number of hydrogen-bond acceptors (Lipinski definition) is 5. The van der Waals surface area contributed by atoms with Crippen molar-refractivity contribution in [2.75, 3.05) is 19.7 Å². The van der Waals surface area contributed by atoms with E-state index in [1.807, 2.05) is 4.90 Å². The summed E-state index contributed by atoms with van der Waals surface area (Å²) >= 11 is 5.76. The first-order valence-electron chi connectivity index (χ1n) is 5.76. The molecule has 1 aromatic carbocycles. The van der Waals surface area contributed by atoms with Gasteiger partial charge in [-0.05, 0) is 11.6 Å². The molecule has 1 aliphatic heterocycles. The number of morpholine rings is 1. The lowest BCUT2D eigenvalue weighted by molar-refractivity contribution is -0.384. The second kappa shape index (κ2) is 5.97. The van der Waals surface area contributed by atoms with Gasteiger partial charge in [0.05, 0.1) is 17.6 Å². The molecule has 1 unspecified atom stereocenters. The zero-order chi connectivity index (χ0) is 13.8. The van der Waals surface area contributed by atoms with Crippen molar-refractivity contribution in [2.24, 2.45) is 0 Å². The minimum Gasteiger partial charge on any atom is -0.361 e. The van der Waals surface area contributed by atoms with E-state index in [2.05, 4.69) is 6.07 Å². The summed E-state index contributed by atoms with van der Waals surface area (Å²) in [5.41, 5.74) is 0.707. The zero-order valence-electron chi connectivity index (χ0n) is 10.1. The lowest BCUT2D eigenvalue weighted by atomic mass is 10.1. The van der Waals surface area contributed by atoms with E-state index in [-0.39, 0.29) is 10.7 Å². The second-order valence-corrected chi connectivity index (χ2v) is 4.67. The smallest absolute Gasteiger partial charge is 0.288 e. The highest BCUT2D eigenvalue weighted by Gasteiger charge is 2.21. The van der Waals surface area contributed by atoms with E-state index in [4.69, 9.17) is 21.6 Å². The van der Waals surface area contributed by atoms with Crippen molar-refractivity contribution in [3.8, 4) is 6.07 Å². The fraction of sp³-hybridized carbons (Fsp3) is 0.417.